The van der Waals surface area contributed by atoms with Gasteiger partial charge < -0.3 is 9.88 Å². The molecule has 1 aliphatic heterocycles. The Morgan fingerprint density at radius 1 is 1.22 bits per heavy atom. The van der Waals surface area contributed by atoms with E-state index in [0.29, 0.717) is 0 Å². The third-order valence-electron chi connectivity index (χ3n) is 4.57. The molecule has 0 unspecified atom stereocenters. The van der Waals surface area contributed by atoms with Crippen molar-refractivity contribution >= 4 is 0 Å². The Bertz CT molecular complexity index is 402. The molecule has 0 radical (unpaired) electrons. The number of nitrogens with zero attached hydrogens (tertiary/aromatic N) is 2. The van der Waals surface area contributed by atoms with E-state index in [1.807, 2.05) is 7.05 Å². The predicted molar refractivity (Wildman–Crippen MR) is 74.0 cm³/mol. The van der Waals surface area contributed by atoms with E-state index in [1.165, 1.54) is 63.0 Å². The van der Waals surface area contributed by atoms with Gasteiger partial charge in [0.05, 0.1) is 5.69 Å². The molecule has 2 aliphatic rings. The number of likely N-dealkylation sites (N-methyl/N-ethyl adjacent to an activating group) is 1. The fourth-order valence-electron chi connectivity index (χ4n) is 3.62. The largest absolute Gasteiger partial charge is 0.332 e. The van der Waals surface area contributed by atoms with Crippen molar-refractivity contribution in [2.75, 3.05) is 13.6 Å². The average Bonchev–Trinajstić information content (AvgIpc) is 3.00. The van der Waals surface area contributed by atoms with Crippen LogP contribution in [0.25, 0.3) is 0 Å². The molecule has 0 aromatic carbocycles. The number of imidazole rings is 1. The average molecular weight is 247 g/mol. The first-order chi connectivity index (χ1) is 8.90. The van der Waals surface area contributed by atoms with Crippen LogP contribution >= 0.6 is 0 Å². The summed E-state index contributed by atoms with van der Waals surface area (Å²) in [5.41, 5.74) is 3.05. The molecule has 3 heteroatoms. The van der Waals surface area contributed by atoms with Crippen molar-refractivity contribution in [3.05, 3.63) is 17.2 Å². The van der Waals surface area contributed by atoms with E-state index in [1.54, 1.807) is 5.69 Å². The van der Waals surface area contributed by atoms with Gasteiger partial charge in [-0.15, -0.1) is 0 Å². The van der Waals surface area contributed by atoms with Crippen molar-refractivity contribution < 1.29 is 0 Å². The van der Waals surface area contributed by atoms with Crippen molar-refractivity contribution in [2.45, 2.75) is 63.8 Å². The second-order valence-corrected chi connectivity index (χ2v) is 5.80. The smallest absolute Gasteiger partial charge is 0.110 e. The van der Waals surface area contributed by atoms with Crippen LogP contribution in [0.3, 0.4) is 0 Å². The summed E-state index contributed by atoms with van der Waals surface area (Å²) in [4.78, 5) is 5.02. The van der Waals surface area contributed by atoms with Crippen LogP contribution in [0.5, 0.6) is 0 Å². The van der Waals surface area contributed by atoms with Gasteiger partial charge in [-0.2, -0.15) is 0 Å². The SMILES string of the molecule is CNCCc1nc(C2CCCCC2)c2n1CCC2. The molecule has 3 rings (SSSR count). The number of nitrogens with one attached hydrogen (secondary N) is 1. The highest BCUT2D eigenvalue weighted by atomic mass is 15.1. The number of aromatic nitrogens is 2. The summed E-state index contributed by atoms with van der Waals surface area (Å²) in [6, 6.07) is 0. The Labute approximate surface area is 110 Å². The molecular weight excluding hydrogens is 222 g/mol. The highest BCUT2D eigenvalue weighted by molar-refractivity contribution is 5.24. The van der Waals surface area contributed by atoms with Gasteiger partial charge in [0, 0.05) is 31.1 Å². The molecular formula is C15H25N3. The van der Waals surface area contributed by atoms with Crippen LogP contribution in [0.2, 0.25) is 0 Å². The molecule has 1 aromatic rings. The first-order valence-electron chi connectivity index (χ1n) is 7.63. The van der Waals surface area contributed by atoms with Gasteiger partial charge in [-0.05, 0) is 32.7 Å². The molecule has 1 aromatic heterocycles. The van der Waals surface area contributed by atoms with E-state index >= 15 is 0 Å². The number of rotatable bonds is 4. The summed E-state index contributed by atoms with van der Waals surface area (Å²) in [7, 11) is 2.02. The minimum Gasteiger partial charge on any atom is -0.332 e. The van der Waals surface area contributed by atoms with E-state index in [2.05, 4.69) is 9.88 Å². The van der Waals surface area contributed by atoms with Crippen LogP contribution in [0.1, 0.15) is 61.7 Å². The highest BCUT2D eigenvalue weighted by Crippen LogP contribution is 2.36. The molecule has 0 saturated heterocycles. The van der Waals surface area contributed by atoms with Crippen LogP contribution < -0.4 is 5.32 Å². The van der Waals surface area contributed by atoms with E-state index < -0.39 is 0 Å². The summed E-state index contributed by atoms with van der Waals surface area (Å²) >= 11 is 0. The summed E-state index contributed by atoms with van der Waals surface area (Å²) < 4.78 is 2.52. The molecule has 1 fully saturated rings. The molecule has 1 N–H and O–H groups in total. The van der Waals surface area contributed by atoms with Gasteiger partial charge in [0.2, 0.25) is 0 Å². The maximum absolute atomic E-state index is 5.02. The zero-order valence-electron chi connectivity index (χ0n) is 11.5. The number of hydrogen-bond acceptors (Lipinski definition) is 2. The monoisotopic (exact) mass is 247 g/mol. The minimum atomic E-state index is 0.765. The lowest BCUT2D eigenvalue weighted by atomic mass is 9.86. The van der Waals surface area contributed by atoms with Gasteiger partial charge in [-0.25, -0.2) is 4.98 Å². The van der Waals surface area contributed by atoms with Crippen molar-refractivity contribution in [1.29, 1.82) is 0 Å². The van der Waals surface area contributed by atoms with Gasteiger partial charge >= 0.3 is 0 Å². The Balaban J connectivity index is 1.85. The maximum atomic E-state index is 5.02. The third-order valence-corrected chi connectivity index (χ3v) is 4.57. The first kappa shape index (κ1) is 12.2. The van der Waals surface area contributed by atoms with Gasteiger partial charge in [-0.3, -0.25) is 0 Å². The quantitative estimate of drug-likeness (QED) is 0.886. The predicted octanol–water partition coefficient (Wildman–Crippen LogP) is 2.64. The molecule has 1 saturated carbocycles. The van der Waals surface area contributed by atoms with E-state index in [4.69, 9.17) is 4.98 Å². The Morgan fingerprint density at radius 3 is 2.83 bits per heavy atom. The maximum Gasteiger partial charge on any atom is 0.110 e. The molecule has 0 bridgehead atoms. The fourth-order valence-corrected chi connectivity index (χ4v) is 3.62. The molecule has 18 heavy (non-hydrogen) atoms. The minimum absolute atomic E-state index is 0.765. The van der Waals surface area contributed by atoms with Crippen LogP contribution in [0, 0.1) is 0 Å². The zero-order chi connectivity index (χ0) is 12.4. The normalized spacial score (nSPS) is 20.3. The molecule has 0 amide bonds. The topological polar surface area (TPSA) is 29.9 Å². The van der Waals surface area contributed by atoms with Crippen LogP contribution in [0.4, 0.5) is 0 Å². The molecule has 2 heterocycles. The lowest BCUT2D eigenvalue weighted by Crippen LogP contribution is -2.13. The lowest BCUT2D eigenvalue weighted by Gasteiger charge is -2.20. The lowest BCUT2D eigenvalue weighted by molar-refractivity contribution is 0.435. The van der Waals surface area contributed by atoms with E-state index in [9.17, 15) is 0 Å². The summed E-state index contributed by atoms with van der Waals surface area (Å²) in [5.74, 6) is 2.10. The summed E-state index contributed by atoms with van der Waals surface area (Å²) in [5, 5.41) is 3.24. The van der Waals surface area contributed by atoms with Gasteiger partial charge in [-0.1, -0.05) is 19.3 Å². The molecule has 1 aliphatic carbocycles. The molecule has 3 nitrogen and oxygen atoms in total. The van der Waals surface area contributed by atoms with Gasteiger partial charge in [0.1, 0.15) is 5.82 Å². The highest BCUT2D eigenvalue weighted by Gasteiger charge is 2.27. The second-order valence-electron chi connectivity index (χ2n) is 5.80. The standard InChI is InChI=1S/C15H25N3/c1-16-10-9-14-17-15(12-6-3-2-4-7-12)13-8-5-11-18(13)14/h12,16H,2-11H2,1H3. The van der Waals surface area contributed by atoms with E-state index in [-0.39, 0.29) is 0 Å². The van der Waals surface area contributed by atoms with Crippen molar-refractivity contribution in [3.63, 3.8) is 0 Å². The van der Waals surface area contributed by atoms with Crippen LogP contribution in [0.15, 0.2) is 0 Å². The van der Waals surface area contributed by atoms with Gasteiger partial charge in [0.15, 0.2) is 0 Å². The van der Waals surface area contributed by atoms with Gasteiger partial charge in [0.25, 0.3) is 0 Å². The van der Waals surface area contributed by atoms with Crippen molar-refractivity contribution in [1.82, 2.24) is 14.9 Å². The van der Waals surface area contributed by atoms with Crippen LogP contribution in [-0.4, -0.2) is 23.1 Å². The zero-order valence-corrected chi connectivity index (χ0v) is 11.5. The summed E-state index contributed by atoms with van der Waals surface area (Å²) in [6.45, 7) is 2.24. The Morgan fingerprint density at radius 2 is 2.06 bits per heavy atom. The molecule has 0 spiro atoms. The Kier molecular flexibility index (Phi) is 3.69. The Hall–Kier alpha value is -0.830. The summed E-state index contributed by atoms with van der Waals surface area (Å²) in [6.07, 6.45) is 10.6. The fraction of sp³-hybridized carbons (Fsp3) is 0.800. The van der Waals surface area contributed by atoms with Crippen molar-refractivity contribution in [3.8, 4) is 0 Å². The van der Waals surface area contributed by atoms with E-state index in [0.717, 1.165) is 18.9 Å². The molecule has 0 atom stereocenters. The number of hydrogen-bond donors (Lipinski definition) is 1. The molecule has 100 valence electrons. The number of fused-ring (bicyclic) bond motifs is 1. The first-order valence-corrected chi connectivity index (χ1v) is 7.63. The second kappa shape index (κ2) is 5.43. The third kappa shape index (κ3) is 2.20. The van der Waals surface area contributed by atoms with Crippen molar-refractivity contribution in [2.24, 2.45) is 0 Å². The van der Waals surface area contributed by atoms with Crippen LogP contribution in [-0.2, 0) is 19.4 Å².